The van der Waals surface area contributed by atoms with Crippen molar-refractivity contribution in [2.24, 2.45) is 10.7 Å². The first-order chi connectivity index (χ1) is 3.41. The average Bonchev–Trinajstić information content (AvgIpc) is 1.69. The molecule has 0 heterocycles. The summed E-state index contributed by atoms with van der Waals surface area (Å²) in [6.45, 7) is 5.37. The number of aliphatic imine (C=N–C) groups is 1. The largest absolute Gasteiger partial charge is 0.329 e. The quantitative estimate of drug-likeness (QED) is 0.359. The second-order valence-corrected chi connectivity index (χ2v) is 1.17. The van der Waals surface area contributed by atoms with Crippen molar-refractivity contribution in [3.8, 4) is 0 Å². The topological polar surface area (TPSA) is 50.4 Å². The van der Waals surface area contributed by atoms with Gasteiger partial charge in [-0.05, 0) is 6.72 Å². The van der Waals surface area contributed by atoms with Gasteiger partial charge in [0.1, 0.15) is 0 Å². The minimum absolute atomic E-state index is 0.608. The van der Waals surface area contributed by atoms with E-state index in [9.17, 15) is 0 Å². The van der Waals surface area contributed by atoms with Crippen molar-refractivity contribution in [1.29, 1.82) is 0 Å². The van der Waals surface area contributed by atoms with E-state index in [0.29, 0.717) is 13.2 Å². The predicted molar refractivity (Wildman–Crippen MR) is 31.5 cm³/mol. The zero-order valence-corrected chi connectivity index (χ0v) is 4.35. The van der Waals surface area contributed by atoms with E-state index in [1.54, 1.807) is 0 Å². The van der Waals surface area contributed by atoms with Gasteiger partial charge in [-0.15, -0.1) is 0 Å². The molecule has 0 aliphatic heterocycles. The lowest BCUT2D eigenvalue weighted by atomic mass is 10.7. The van der Waals surface area contributed by atoms with Crippen molar-refractivity contribution in [3.05, 3.63) is 0 Å². The molecule has 0 amide bonds. The summed E-state index contributed by atoms with van der Waals surface area (Å²) in [4.78, 5) is 3.56. The van der Waals surface area contributed by atoms with Crippen molar-refractivity contribution in [2.45, 2.75) is 0 Å². The molecule has 0 atom stereocenters. The highest BCUT2D eigenvalue weighted by Gasteiger charge is 1.73. The van der Waals surface area contributed by atoms with Crippen LogP contribution in [0.25, 0.3) is 0 Å². The van der Waals surface area contributed by atoms with Gasteiger partial charge in [-0.25, -0.2) is 0 Å². The molecule has 0 aliphatic carbocycles. The van der Waals surface area contributed by atoms with E-state index < -0.39 is 0 Å². The van der Waals surface area contributed by atoms with Crippen LogP contribution in [0.1, 0.15) is 0 Å². The van der Waals surface area contributed by atoms with Gasteiger partial charge in [-0.2, -0.15) is 0 Å². The van der Waals surface area contributed by atoms with Gasteiger partial charge in [0.15, 0.2) is 0 Å². The lowest BCUT2D eigenvalue weighted by Crippen LogP contribution is -2.22. The lowest BCUT2D eigenvalue weighted by Gasteiger charge is -1.93. The normalized spacial score (nSPS) is 8.71. The Kier molecular flexibility index (Phi) is 5.26. The maximum absolute atomic E-state index is 5.14. The van der Waals surface area contributed by atoms with Gasteiger partial charge in [0, 0.05) is 13.1 Å². The summed E-state index contributed by atoms with van der Waals surface area (Å²) in [7, 11) is 0. The fraction of sp³-hybridized carbons (Fsp3) is 0.750. The zero-order valence-electron chi connectivity index (χ0n) is 4.35. The van der Waals surface area contributed by atoms with Crippen LogP contribution in [0.5, 0.6) is 0 Å². The maximum atomic E-state index is 5.14. The summed E-state index contributed by atoms with van der Waals surface area (Å²) in [5, 5.41) is 2.93. The Morgan fingerprint density at radius 1 is 1.71 bits per heavy atom. The first-order valence-electron chi connectivity index (χ1n) is 2.25. The fourth-order valence-corrected chi connectivity index (χ4v) is 0.260. The van der Waals surface area contributed by atoms with E-state index in [1.165, 1.54) is 0 Å². The molecule has 7 heavy (non-hydrogen) atoms. The van der Waals surface area contributed by atoms with Crippen molar-refractivity contribution in [1.82, 2.24) is 5.32 Å². The standard InChI is InChI=1S/C4H11N3/c1-6-4-7-3-2-5/h7H,1-5H2. The van der Waals surface area contributed by atoms with Crippen molar-refractivity contribution < 1.29 is 0 Å². The Balaban J connectivity index is 2.56. The van der Waals surface area contributed by atoms with Crippen LogP contribution in [0.2, 0.25) is 0 Å². The summed E-state index contributed by atoms with van der Waals surface area (Å²) in [6.07, 6.45) is 0. The summed E-state index contributed by atoms with van der Waals surface area (Å²) < 4.78 is 0. The van der Waals surface area contributed by atoms with E-state index in [1.807, 2.05) is 0 Å². The Morgan fingerprint density at radius 2 is 2.43 bits per heavy atom. The molecule has 0 radical (unpaired) electrons. The van der Waals surface area contributed by atoms with E-state index >= 15 is 0 Å². The Bertz CT molecular complexity index is 44.2. The van der Waals surface area contributed by atoms with Gasteiger partial charge in [-0.1, -0.05) is 0 Å². The predicted octanol–water partition coefficient (Wildman–Crippen LogP) is -0.807. The van der Waals surface area contributed by atoms with Crippen LogP contribution in [0.3, 0.4) is 0 Å². The maximum Gasteiger partial charge on any atom is 0.0877 e. The second kappa shape index (κ2) is 5.59. The van der Waals surface area contributed by atoms with Gasteiger partial charge in [0.25, 0.3) is 0 Å². The van der Waals surface area contributed by atoms with Gasteiger partial charge in [0.2, 0.25) is 0 Å². The molecule has 0 spiro atoms. The highest BCUT2D eigenvalue weighted by Crippen LogP contribution is 1.54. The first kappa shape index (κ1) is 6.59. The van der Waals surface area contributed by atoms with Crippen LogP contribution in [-0.2, 0) is 0 Å². The van der Waals surface area contributed by atoms with Crippen LogP contribution in [0.4, 0.5) is 0 Å². The van der Waals surface area contributed by atoms with Crippen LogP contribution >= 0.6 is 0 Å². The minimum atomic E-state index is 0.608. The third kappa shape index (κ3) is 5.59. The second-order valence-electron chi connectivity index (χ2n) is 1.17. The molecule has 0 saturated carbocycles. The zero-order chi connectivity index (χ0) is 5.54. The molecular weight excluding hydrogens is 90.1 g/mol. The smallest absolute Gasteiger partial charge is 0.0877 e. The van der Waals surface area contributed by atoms with Gasteiger partial charge < -0.3 is 5.73 Å². The fourth-order valence-electron chi connectivity index (χ4n) is 0.260. The molecule has 3 nitrogen and oxygen atoms in total. The summed E-state index contributed by atoms with van der Waals surface area (Å²) in [5.74, 6) is 0. The number of rotatable bonds is 4. The Labute approximate surface area is 43.6 Å². The Morgan fingerprint density at radius 3 is 2.86 bits per heavy atom. The van der Waals surface area contributed by atoms with Gasteiger partial charge in [-0.3, -0.25) is 10.3 Å². The van der Waals surface area contributed by atoms with Crippen molar-refractivity contribution in [3.63, 3.8) is 0 Å². The highest BCUT2D eigenvalue weighted by molar-refractivity contribution is 5.22. The van der Waals surface area contributed by atoms with E-state index in [-0.39, 0.29) is 0 Å². The first-order valence-corrected chi connectivity index (χ1v) is 2.25. The molecule has 0 aromatic rings. The molecule has 0 unspecified atom stereocenters. The molecule has 42 valence electrons. The summed E-state index contributed by atoms with van der Waals surface area (Å²) in [6, 6.07) is 0. The van der Waals surface area contributed by atoms with Crippen LogP contribution in [0, 0.1) is 0 Å². The van der Waals surface area contributed by atoms with Crippen LogP contribution in [0.15, 0.2) is 4.99 Å². The van der Waals surface area contributed by atoms with Crippen molar-refractivity contribution >= 4 is 6.72 Å². The summed E-state index contributed by atoms with van der Waals surface area (Å²) in [5.41, 5.74) is 5.14. The third-order valence-corrected chi connectivity index (χ3v) is 0.545. The number of nitrogens with zero attached hydrogens (tertiary/aromatic N) is 1. The van der Waals surface area contributed by atoms with E-state index in [4.69, 9.17) is 5.73 Å². The van der Waals surface area contributed by atoms with Crippen LogP contribution < -0.4 is 11.1 Å². The highest BCUT2D eigenvalue weighted by atomic mass is 15.0. The molecule has 0 aromatic carbocycles. The average molecular weight is 101 g/mol. The molecule has 0 rings (SSSR count). The number of nitrogens with one attached hydrogen (secondary N) is 1. The molecule has 0 bridgehead atoms. The monoisotopic (exact) mass is 101 g/mol. The van der Waals surface area contributed by atoms with E-state index in [0.717, 1.165) is 6.54 Å². The molecule has 0 fully saturated rings. The molecule has 0 aromatic heterocycles. The van der Waals surface area contributed by atoms with Gasteiger partial charge >= 0.3 is 0 Å². The SMILES string of the molecule is C=NCNCCN. The van der Waals surface area contributed by atoms with Crippen LogP contribution in [-0.4, -0.2) is 26.5 Å². The van der Waals surface area contributed by atoms with E-state index in [2.05, 4.69) is 17.0 Å². The molecule has 3 N–H and O–H groups in total. The molecule has 0 aliphatic rings. The molecule has 0 saturated heterocycles. The number of nitrogens with two attached hydrogens (primary N) is 1. The minimum Gasteiger partial charge on any atom is -0.329 e. The van der Waals surface area contributed by atoms with Gasteiger partial charge in [0.05, 0.1) is 6.67 Å². The lowest BCUT2D eigenvalue weighted by molar-refractivity contribution is 0.713. The Hall–Kier alpha value is -0.410. The summed E-state index contributed by atoms with van der Waals surface area (Å²) >= 11 is 0. The number of hydrogen-bond donors (Lipinski definition) is 2. The number of hydrogen-bond acceptors (Lipinski definition) is 3. The van der Waals surface area contributed by atoms with Crippen molar-refractivity contribution in [2.75, 3.05) is 19.8 Å². The third-order valence-electron chi connectivity index (χ3n) is 0.545. The molecular formula is C4H11N3. The molecule has 3 heteroatoms.